The van der Waals surface area contributed by atoms with Gasteiger partial charge >= 0.3 is 12.1 Å². The molecule has 0 aromatic heterocycles. The van der Waals surface area contributed by atoms with E-state index in [1.807, 2.05) is 34.6 Å². The number of carboxylic acids is 1. The maximum atomic E-state index is 11.5. The van der Waals surface area contributed by atoms with E-state index < -0.39 is 17.7 Å². The van der Waals surface area contributed by atoms with Crippen LogP contribution < -0.4 is 5.32 Å². The molecule has 1 amide bonds. The summed E-state index contributed by atoms with van der Waals surface area (Å²) in [5, 5.41) is 11.6. The molecule has 0 unspecified atom stereocenters. The SMILES string of the molecule is C#C.CC.CC(C)(C)OC(=O)NC1CCC(C(=O)O)CC1. The summed E-state index contributed by atoms with van der Waals surface area (Å²) in [5.41, 5.74) is -0.498. The fraction of sp³-hybridized carbons (Fsp3) is 0.750. The molecule has 1 rings (SSSR count). The topological polar surface area (TPSA) is 75.6 Å². The molecule has 1 aliphatic rings. The van der Waals surface area contributed by atoms with Gasteiger partial charge in [-0.3, -0.25) is 4.79 Å². The second-order valence-electron chi connectivity index (χ2n) is 5.53. The van der Waals surface area contributed by atoms with Crippen LogP contribution in [-0.4, -0.2) is 28.8 Å². The van der Waals surface area contributed by atoms with Gasteiger partial charge in [-0.05, 0) is 46.5 Å². The Morgan fingerprint density at radius 2 is 1.52 bits per heavy atom. The van der Waals surface area contributed by atoms with E-state index in [2.05, 4.69) is 18.2 Å². The Bertz CT molecular complexity index is 323. The molecule has 5 nitrogen and oxygen atoms in total. The van der Waals surface area contributed by atoms with Gasteiger partial charge in [0.1, 0.15) is 5.60 Å². The summed E-state index contributed by atoms with van der Waals surface area (Å²) in [7, 11) is 0. The number of rotatable bonds is 2. The smallest absolute Gasteiger partial charge is 0.407 e. The molecule has 1 aliphatic carbocycles. The largest absolute Gasteiger partial charge is 0.481 e. The summed E-state index contributed by atoms with van der Waals surface area (Å²) in [6.45, 7) is 9.44. The fourth-order valence-corrected chi connectivity index (χ4v) is 1.96. The lowest BCUT2D eigenvalue weighted by atomic mass is 9.86. The van der Waals surface area contributed by atoms with Gasteiger partial charge in [-0.25, -0.2) is 4.79 Å². The Morgan fingerprint density at radius 1 is 1.10 bits per heavy atom. The van der Waals surface area contributed by atoms with Gasteiger partial charge in [0.2, 0.25) is 0 Å². The first-order chi connectivity index (χ1) is 9.78. The second-order valence-corrected chi connectivity index (χ2v) is 5.53. The highest BCUT2D eigenvalue weighted by Gasteiger charge is 2.27. The van der Waals surface area contributed by atoms with E-state index in [9.17, 15) is 9.59 Å². The van der Waals surface area contributed by atoms with Gasteiger partial charge in [-0.15, -0.1) is 12.8 Å². The first kappa shape index (κ1) is 21.6. The number of ether oxygens (including phenoxy) is 1. The molecule has 122 valence electrons. The number of carbonyl (C=O) groups excluding carboxylic acids is 1. The maximum Gasteiger partial charge on any atom is 0.407 e. The third kappa shape index (κ3) is 10.7. The van der Waals surface area contributed by atoms with Crippen LogP contribution in [0.2, 0.25) is 0 Å². The minimum Gasteiger partial charge on any atom is -0.481 e. The Balaban J connectivity index is 0. The van der Waals surface area contributed by atoms with Crippen molar-refractivity contribution in [2.75, 3.05) is 0 Å². The van der Waals surface area contributed by atoms with Gasteiger partial charge in [-0.1, -0.05) is 13.8 Å². The van der Waals surface area contributed by atoms with Crippen molar-refractivity contribution in [1.82, 2.24) is 5.32 Å². The van der Waals surface area contributed by atoms with E-state index in [0.717, 1.165) is 0 Å². The number of alkyl carbamates (subject to hydrolysis) is 1. The minimum absolute atomic E-state index is 0.0421. The van der Waals surface area contributed by atoms with Crippen LogP contribution in [0.3, 0.4) is 0 Å². The molecular formula is C16H29NO4. The van der Waals surface area contributed by atoms with Crippen molar-refractivity contribution >= 4 is 12.1 Å². The summed E-state index contributed by atoms with van der Waals surface area (Å²) in [4.78, 5) is 22.3. The third-order valence-corrected chi connectivity index (χ3v) is 2.80. The monoisotopic (exact) mass is 299 g/mol. The molecule has 0 aliphatic heterocycles. The van der Waals surface area contributed by atoms with Gasteiger partial charge in [0.25, 0.3) is 0 Å². The van der Waals surface area contributed by atoms with E-state index in [0.29, 0.717) is 25.7 Å². The van der Waals surface area contributed by atoms with E-state index >= 15 is 0 Å². The second kappa shape index (κ2) is 11.0. The van der Waals surface area contributed by atoms with E-state index in [1.54, 1.807) is 0 Å². The molecule has 0 spiro atoms. The lowest BCUT2D eigenvalue weighted by Crippen LogP contribution is -2.41. The van der Waals surface area contributed by atoms with Crippen molar-refractivity contribution in [3.05, 3.63) is 0 Å². The number of nitrogens with one attached hydrogen (secondary N) is 1. The van der Waals surface area contributed by atoms with Crippen LogP contribution in [0.4, 0.5) is 4.79 Å². The molecule has 2 N–H and O–H groups in total. The highest BCUT2D eigenvalue weighted by Crippen LogP contribution is 2.24. The van der Waals surface area contributed by atoms with Crippen molar-refractivity contribution in [1.29, 1.82) is 0 Å². The van der Waals surface area contributed by atoms with Crippen LogP contribution in [0, 0.1) is 18.8 Å². The molecule has 0 aromatic rings. The molecule has 1 saturated carbocycles. The lowest BCUT2D eigenvalue weighted by Gasteiger charge is -2.28. The Labute approximate surface area is 128 Å². The number of hydrogen-bond acceptors (Lipinski definition) is 3. The fourth-order valence-electron chi connectivity index (χ4n) is 1.96. The highest BCUT2D eigenvalue weighted by atomic mass is 16.6. The van der Waals surface area contributed by atoms with E-state index in [1.165, 1.54) is 0 Å². The number of carboxylic acid groups (broad SMARTS) is 1. The summed E-state index contributed by atoms with van der Waals surface area (Å²) < 4.78 is 5.15. The zero-order valence-corrected chi connectivity index (χ0v) is 13.8. The third-order valence-electron chi connectivity index (χ3n) is 2.80. The summed E-state index contributed by atoms with van der Waals surface area (Å²) in [6, 6.07) is 0.0421. The van der Waals surface area contributed by atoms with Gasteiger partial charge in [0.15, 0.2) is 0 Å². The average molecular weight is 299 g/mol. The van der Waals surface area contributed by atoms with Crippen molar-refractivity contribution < 1.29 is 19.4 Å². The first-order valence-electron chi connectivity index (χ1n) is 7.33. The quantitative estimate of drug-likeness (QED) is 0.766. The first-order valence-corrected chi connectivity index (χ1v) is 7.33. The van der Waals surface area contributed by atoms with Crippen LogP contribution in [0.1, 0.15) is 60.3 Å². The lowest BCUT2D eigenvalue weighted by molar-refractivity contribution is -0.142. The highest BCUT2D eigenvalue weighted by molar-refractivity contribution is 5.70. The summed E-state index contributed by atoms with van der Waals surface area (Å²) in [5.74, 6) is -0.993. The Hall–Kier alpha value is -1.70. The average Bonchev–Trinajstić information content (AvgIpc) is 2.41. The molecule has 0 saturated heterocycles. The Kier molecular flexibility index (Phi) is 11.3. The van der Waals surface area contributed by atoms with Gasteiger partial charge in [0.05, 0.1) is 5.92 Å². The van der Waals surface area contributed by atoms with Crippen molar-refractivity contribution in [3.63, 3.8) is 0 Å². The van der Waals surface area contributed by atoms with E-state index in [4.69, 9.17) is 9.84 Å². The van der Waals surface area contributed by atoms with Crippen LogP contribution in [0.15, 0.2) is 0 Å². The number of hydrogen-bond donors (Lipinski definition) is 2. The van der Waals surface area contributed by atoms with Gasteiger partial charge < -0.3 is 15.2 Å². The Morgan fingerprint density at radius 3 is 1.86 bits per heavy atom. The summed E-state index contributed by atoms with van der Waals surface area (Å²) in [6.07, 6.45) is 10.2. The molecular weight excluding hydrogens is 270 g/mol. The molecule has 0 bridgehead atoms. The molecule has 0 aromatic carbocycles. The van der Waals surface area contributed by atoms with Gasteiger partial charge in [0, 0.05) is 6.04 Å². The van der Waals surface area contributed by atoms with Crippen LogP contribution in [0.5, 0.6) is 0 Å². The number of aliphatic carboxylic acids is 1. The predicted octanol–water partition coefficient (Wildman–Crippen LogP) is 3.43. The molecule has 0 atom stereocenters. The predicted molar refractivity (Wildman–Crippen MR) is 84.0 cm³/mol. The summed E-state index contributed by atoms with van der Waals surface area (Å²) >= 11 is 0. The van der Waals surface area contributed by atoms with E-state index in [-0.39, 0.29) is 12.0 Å². The number of terminal acetylenes is 1. The van der Waals surface area contributed by atoms with Crippen LogP contribution in [-0.2, 0) is 9.53 Å². The number of amides is 1. The van der Waals surface area contributed by atoms with Crippen molar-refractivity contribution in [3.8, 4) is 12.8 Å². The maximum absolute atomic E-state index is 11.5. The van der Waals surface area contributed by atoms with Crippen molar-refractivity contribution in [2.24, 2.45) is 5.92 Å². The zero-order chi connectivity index (χ0) is 17.1. The molecule has 5 heteroatoms. The standard InChI is InChI=1S/C12H21NO4.C2H6.C2H2/c1-12(2,3)17-11(16)13-9-6-4-8(5-7-9)10(14)15;2*1-2/h8-9H,4-7H2,1-3H3,(H,13,16)(H,14,15);1-2H3;1-2H. The molecule has 0 heterocycles. The molecule has 1 fully saturated rings. The minimum atomic E-state index is -0.735. The van der Waals surface area contributed by atoms with Gasteiger partial charge in [-0.2, -0.15) is 0 Å². The molecule has 21 heavy (non-hydrogen) atoms. The van der Waals surface area contributed by atoms with Crippen molar-refractivity contribution in [2.45, 2.75) is 71.9 Å². The van der Waals surface area contributed by atoms with Crippen LogP contribution >= 0.6 is 0 Å². The molecule has 0 radical (unpaired) electrons. The zero-order valence-electron chi connectivity index (χ0n) is 13.8. The normalized spacial score (nSPS) is 20.7. The number of carbonyl (C=O) groups is 2. The van der Waals surface area contributed by atoms with Crippen LogP contribution in [0.25, 0.3) is 0 Å².